The summed E-state index contributed by atoms with van der Waals surface area (Å²) >= 11 is 0. The van der Waals surface area contributed by atoms with Gasteiger partial charge in [-0.1, -0.05) is 6.07 Å². The van der Waals surface area contributed by atoms with Gasteiger partial charge >= 0.3 is 0 Å². The molecule has 0 aliphatic carbocycles. The van der Waals surface area contributed by atoms with Crippen molar-refractivity contribution in [3.8, 4) is 0 Å². The van der Waals surface area contributed by atoms with Crippen molar-refractivity contribution in [1.29, 1.82) is 0 Å². The van der Waals surface area contributed by atoms with Gasteiger partial charge in [0.25, 0.3) is 0 Å². The highest BCUT2D eigenvalue weighted by Gasteiger charge is 2.13. The fraction of sp³-hybridized carbons (Fsp3) is 0.238. The maximum atomic E-state index is 13.9. The number of hydrogen-bond acceptors (Lipinski definition) is 5. The Kier molecular flexibility index (Phi) is 5.06. The Bertz CT molecular complexity index is 949. The standard InChI is InChI=1S/C21H21F2N5/c1-14-13-19(25-15-7-9-16(10-8-15)28-11-2-3-12-28)26-21(24-14)27-20-17(22)5-4-6-18(20)23/h4-10,13H,2-3,11-12H2,1H3,(H2,24,25,26,27). The zero-order valence-corrected chi connectivity index (χ0v) is 15.5. The lowest BCUT2D eigenvalue weighted by molar-refractivity contribution is 0.590. The molecule has 2 heterocycles. The van der Waals surface area contributed by atoms with Gasteiger partial charge in [0, 0.05) is 36.2 Å². The summed E-state index contributed by atoms with van der Waals surface area (Å²) in [6.45, 7) is 3.99. The first kappa shape index (κ1) is 18.2. The van der Waals surface area contributed by atoms with E-state index in [1.807, 2.05) is 12.1 Å². The monoisotopic (exact) mass is 381 g/mol. The molecule has 1 fully saturated rings. The fourth-order valence-electron chi connectivity index (χ4n) is 3.30. The molecular formula is C21H21F2N5. The molecule has 0 saturated carbocycles. The predicted molar refractivity (Wildman–Crippen MR) is 108 cm³/mol. The van der Waals surface area contributed by atoms with Crippen LogP contribution in [0.4, 0.5) is 37.6 Å². The minimum Gasteiger partial charge on any atom is -0.372 e. The van der Waals surface area contributed by atoms with Gasteiger partial charge in [-0.3, -0.25) is 0 Å². The summed E-state index contributed by atoms with van der Waals surface area (Å²) in [5, 5.41) is 5.86. The van der Waals surface area contributed by atoms with Crippen LogP contribution in [0.5, 0.6) is 0 Å². The maximum absolute atomic E-state index is 13.9. The third kappa shape index (κ3) is 4.03. The van der Waals surface area contributed by atoms with Gasteiger partial charge < -0.3 is 15.5 Å². The highest BCUT2D eigenvalue weighted by molar-refractivity contribution is 5.63. The lowest BCUT2D eigenvalue weighted by atomic mass is 10.2. The molecule has 5 nitrogen and oxygen atoms in total. The molecule has 0 unspecified atom stereocenters. The zero-order valence-electron chi connectivity index (χ0n) is 15.5. The molecule has 3 aromatic rings. The van der Waals surface area contributed by atoms with Crippen LogP contribution in [0, 0.1) is 18.6 Å². The van der Waals surface area contributed by atoms with Crippen molar-refractivity contribution < 1.29 is 8.78 Å². The van der Waals surface area contributed by atoms with Crippen LogP contribution in [0.15, 0.2) is 48.5 Å². The van der Waals surface area contributed by atoms with E-state index in [9.17, 15) is 8.78 Å². The lowest BCUT2D eigenvalue weighted by Crippen LogP contribution is -2.17. The van der Waals surface area contributed by atoms with Crippen LogP contribution < -0.4 is 15.5 Å². The number of anilines is 5. The first-order valence-corrected chi connectivity index (χ1v) is 9.27. The number of nitrogens with zero attached hydrogens (tertiary/aromatic N) is 3. The summed E-state index contributed by atoms with van der Waals surface area (Å²) in [6.07, 6.45) is 2.47. The van der Waals surface area contributed by atoms with Crippen LogP contribution in [0.1, 0.15) is 18.5 Å². The molecule has 1 aliphatic heterocycles. The Morgan fingerprint density at radius 3 is 2.25 bits per heavy atom. The smallest absolute Gasteiger partial charge is 0.229 e. The van der Waals surface area contributed by atoms with Crippen LogP contribution in [-0.4, -0.2) is 23.1 Å². The molecule has 0 amide bonds. The molecule has 1 aromatic heterocycles. The number of aryl methyl sites for hydroxylation is 1. The molecular weight excluding hydrogens is 360 g/mol. The Morgan fingerprint density at radius 1 is 0.893 bits per heavy atom. The Labute approximate surface area is 162 Å². The van der Waals surface area contributed by atoms with Crippen molar-refractivity contribution in [2.24, 2.45) is 0 Å². The molecule has 2 N–H and O–H groups in total. The van der Waals surface area contributed by atoms with E-state index >= 15 is 0 Å². The summed E-state index contributed by atoms with van der Waals surface area (Å²) in [7, 11) is 0. The first-order valence-electron chi connectivity index (χ1n) is 9.27. The van der Waals surface area contributed by atoms with Crippen LogP contribution >= 0.6 is 0 Å². The molecule has 0 bridgehead atoms. The number of hydrogen-bond donors (Lipinski definition) is 2. The Hall–Kier alpha value is -3.22. The molecule has 0 atom stereocenters. The number of benzene rings is 2. The topological polar surface area (TPSA) is 53.1 Å². The molecule has 7 heteroatoms. The summed E-state index contributed by atoms with van der Waals surface area (Å²) in [5.41, 5.74) is 2.49. The van der Waals surface area contributed by atoms with E-state index in [1.54, 1.807) is 13.0 Å². The van der Waals surface area contributed by atoms with Gasteiger partial charge in [0.2, 0.25) is 5.95 Å². The number of para-hydroxylation sites is 1. The first-order chi connectivity index (χ1) is 13.6. The number of aromatic nitrogens is 2. The van der Waals surface area contributed by atoms with Gasteiger partial charge in [0.15, 0.2) is 0 Å². The molecule has 4 rings (SSSR count). The minimum absolute atomic E-state index is 0.125. The van der Waals surface area contributed by atoms with E-state index in [0.29, 0.717) is 11.5 Å². The second kappa shape index (κ2) is 7.80. The van der Waals surface area contributed by atoms with E-state index in [0.717, 1.165) is 18.8 Å². The van der Waals surface area contributed by atoms with Crippen molar-refractivity contribution in [3.63, 3.8) is 0 Å². The van der Waals surface area contributed by atoms with E-state index in [4.69, 9.17) is 0 Å². The average molecular weight is 381 g/mol. The van der Waals surface area contributed by atoms with Crippen LogP contribution in [0.25, 0.3) is 0 Å². The molecule has 144 valence electrons. The number of rotatable bonds is 5. The Morgan fingerprint density at radius 2 is 1.57 bits per heavy atom. The van der Waals surface area contributed by atoms with E-state index in [-0.39, 0.29) is 11.6 Å². The third-order valence-corrected chi connectivity index (χ3v) is 4.66. The quantitative estimate of drug-likeness (QED) is 0.640. The van der Waals surface area contributed by atoms with Crippen molar-refractivity contribution in [1.82, 2.24) is 9.97 Å². The maximum Gasteiger partial charge on any atom is 0.229 e. The molecule has 0 spiro atoms. The molecule has 0 radical (unpaired) electrons. The molecule has 28 heavy (non-hydrogen) atoms. The Balaban J connectivity index is 1.52. The number of halogens is 2. The van der Waals surface area contributed by atoms with Crippen molar-refractivity contribution in [2.75, 3.05) is 28.6 Å². The van der Waals surface area contributed by atoms with Crippen molar-refractivity contribution in [2.45, 2.75) is 19.8 Å². The van der Waals surface area contributed by atoms with Crippen LogP contribution in [-0.2, 0) is 0 Å². The second-order valence-corrected chi connectivity index (χ2v) is 6.81. The fourth-order valence-corrected chi connectivity index (χ4v) is 3.30. The van der Waals surface area contributed by atoms with Crippen molar-refractivity contribution >= 4 is 28.8 Å². The van der Waals surface area contributed by atoms with Crippen molar-refractivity contribution in [3.05, 3.63) is 65.9 Å². The van der Waals surface area contributed by atoms with Gasteiger partial charge in [-0.05, 0) is 56.2 Å². The van der Waals surface area contributed by atoms with Gasteiger partial charge in [0.1, 0.15) is 23.1 Å². The highest BCUT2D eigenvalue weighted by Crippen LogP contribution is 2.25. The number of nitrogens with one attached hydrogen (secondary N) is 2. The SMILES string of the molecule is Cc1cc(Nc2ccc(N3CCCC3)cc2)nc(Nc2c(F)cccc2F)n1. The van der Waals surface area contributed by atoms with Gasteiger partial charge in [-0.2, -0.15) is 4.98 Å². The van der Waals surface area contributed by atoms with Gasteiger partial charge in [-0.25, -0.2) is 13.8 Å². The normalized spacial score (nSPS) is 13.6. The van der Waals surface area contributed by atoms with Crippen LogP contribution in [0.2, 0.25) is 0 Å². The predicted octanol–water partition coefficient (Wildman–Crippen LogP) is 5.15. The third-order valence-electron chi connectivity index (χ3n) is 4.66. The molecule has 1 saturated heterocycles. The van der Waals surface area contributed by atoms with Gasteiger partial charge in [0.05, 0.1) is 0 Å². The van der Waals surface area contributed by atoms with E-state index in [1.165, 1.54) is 36.7 Å². The summed E-state index contributed by atoms with van der Waals surface area (Å²) in [4.78, 5) is 10.9. The summed E-state index contributed by atoms with van der Waals surface area (Å²) in [6, 6.07) is 13.6. The summed E-state index contributed by atoms with van der Waals surface area (Å²) < 4.78 is 27.7. The molecule has 2 aromatic carbocycles. The highest BCUT2D eigenvalue weighted by atomic mass is 19.1. The van der Waals surface area contributed by atoms with Gasteiger partial charge in [-0.15, -0.1) is 0 Å². The second-order valence-electron chi connectivity index (χ2n) is 6.81. The van der Waals surface area contributed by atoms with Crippen LogP contribution in [0.3, 0.4) is 0 Å². The lowest BCUT2D eigenvalue weighted by Gasteiger charge is -2.18. The van der Waals surface area contributed by atoms with E-state index in [2.05, 4.69) is 37.6 Å². The largest absolute Gasteiger partial charge is 0.372 e. The average Bonchev–Trinajstić information content (AvgIpc) is 3.20. The zero-order chi connectivity index (χ0) is 19.5. The summed E-state index contributed by atoms with van der Waals surface area (Å²) in [5.74, 6) is -0.727. The van der Waals surface area contributed by atoms with E-state index < -0.39 is 11.6 Å². The molecule has 1 aliphatic rings. The minimum atomic E-state index is -0.697.